The molecule has 1 N–H and O–H groups in total. The first-order chi connectivity index (χ1) is 10.8. The summed E-state index contributed by atoms with van der Waals surface area (Å²) in [7, 11) is 0. The van der Waals surface area contributed by atoms with Crippen LogP contribution >= 0.6 is 0 Å². The molecule has 0 aliphatic carbocycles. The van der Waals surface area contributed by atoms with Gasteiger partial charge in [0.15, 0.2) is 0 Å². The van der Waals surface area contributed by atoms with Gasteiger partial charge >= 0.3 is 0 Å². The molecule has 0 unspecified atom stereocenters. The Morgan fingerprint density at radius 3 is 3.09 bits per heavy atom. The Kier molecular flexibility index (Phi) is 4.85. The Morgan fingerprint density at radius 2 is 2.23 bits per heavy atom. The van der Waals surface area contributed by atoms with Gasteiger partial charge in [-0.3, -0.25) is 4.79 Å². The van der Waals surface area contributed by atoms with Gasteiger partial charge in [-0.05, 0) is 12.0 Å². The number of hydrogen-bond acceptors (Lipinski definition) is 3. The number of aromatic nitrogens is 2. The molecule has 22 heavy (non-hydrogen) atoms. The molecular weight excluding hydrogens is 278 g/mol. The third kappa shape index (κ3) is 3.95. The first-order valence-electron chi connectivity index (χ1n) is 7.72. The molecule has 1 aromatic carbocycles. The summed E-state index contributed by atoms with van der Waals surface area (Å²) in [6, 6.07) is 10.2. The molecule has 116 valence electrons. The molecule has 0 radical (unpaired) electrons. The van der Waals surface area contributed by atoms with Crippen LogP contribution in [-0.4, -0.2) is 28.1 Å². The minimum atomic E-state index is 0.0571. The van der Waals surface area contributed by atoms with Gasteiger partial charge in [-0.1, -0.05) is 30.3 Å². The largest absolute Gasteiger partial charge is 0.376 e. The van der Waals surface area contributed by atoms with Gasteiger partial charge in [0.25, 0.3) is 0 Å². The highest BCUT2D eigenvalue weighted by atomic mass is 16.5. The van der Waals surface area contributed by atoms with Gasteiger partial charge in [0.05, 0.1) is 13.2 Å². The second kappa shape index (κ2) is 7.22. The third-order valence-corrected chi connectivity index (χ3v) is 3.89. The van der Waals surface area contributed by atoms with Gasteiger partial charge in [-0.15, -0.1) is 0 Å². The summed E-state index contributed by atoms with van der Waals surface area (Å²) in [5, 5.41) is 3.08. The maximum absolute atomic E-state index is 12.0. The van der Waals surface area contributed by atoms with Crippen molar-refractivity contribution in [1.82, 2.24) is 14.9 Å². The second-order valence-electron chi connectivity index (χ2n) is 5.59. The second-order valence-corrected chi connectivity index (χ2v) is 5.59. The van der Waals surface area contributed by atoms with Gasteiger partial charge < -0.3 is 14.6 Å². The summed E-state index contributed by atoms with van der Waals surface area (Å²) in [5.74, 6) is 1.17. The highest BCUT2D eigenvalue weighted by molar-refractivity contribution is 5.76. The number of benzene rings is 1. The van der Waals surface area contributed by atoms with Crippen molar-refractivity contribution >= 4 is 5.91 Å². The molecule has 1 aliphatic heterocycles. The van der Waals surface area contributed by atoms with E-state index >= 15 is 0 Å². The zero-order valence-corrected chi connectivity index (χ0v) is 12.6. The zero-order valence-electron chi connectivity index (χ0n) is 12.6. The lowest BCUT2D eigenvalue weighted by Crippen LogP contribution is -2.41. The normalized spacial score (nSPS) is 17.0. The Bertz CT molecular complexity index is 609. The van der Waals surface area contributed by atoms with E-state index in [0.717, 1.165) is 30.8 Å². The topological polar surface area (TPSA) is 56.1 Å². The van der Waals surface area contributed by atoms with E-state index in [4.69, 9.17) is 4.74 Å². The lowest BCUT2D eigenvalue weighted by atomic mass is 10.1. The molecule has 0 saturated carbocycles. The SMILES string of the molecule is O=C(CCOCc1ccccc1)N[C@@H]1CCc2nccn2C1. The van der Waals surface area contributed by atoms with Gasteiger partial charge in [0.1, 0.15) is 5.82 Å². The van der Waals surface area contributed by atoms with Crippen molar-refractivity contribution in [3.63, 3.8) is 0 Å². The van der Waals surface area contributed by atoms with Crippen LogP contribution in [0.2, 0.25) is 0 Å². The molecule has 1 aliphatic rings. The van der Waals surface area contributed by atoms with E-state index in [1.807, 2.05) is 42.7 Å². The fraction of sp³-hybridized carbons (Fsp3) is 0.412. The van der Waals surface area contributed by atoms with Crippen molar-refractivity contribution < 1.29 is 9.53 Å². The quantitative estimate of drug-likeness (QED) is 0.829. The summed E-state index contributed by atoms with van der Waals surface area (Å²) in [6.45, 7) is 1.81. The lowest BCUT2D eigenvalue weighted by Gasteiger charge is -2.24. The number of ether oxygens (including phenoxy) is 1. The van der Waals surface area contributed by atoms with Crippen LogP contribution in [0.1, 0.15) is 24.2 Å². The van der Waals surface area contributed by atoms with Gasteiger partial charge in [0, 0.05) is 37.8 Å². The van der Waals surface area contributed by atoms with Crippen LogP contribution in [0.3, 0.4) is 0 Å². The molecule has 1 amide bonds. The van der Waals surface area contributed by atoms with Crippen LogP contribution < -0.4 is 5.32 Å². The number of rotatable bonds is 6. The number of amides is 1. The zero-order chi connectivity index (χ0) is 15.2. The van der Waals surface area contributed by atoms with E-state index in [-0.39, 0.29) is 11.9 Å². The standard InChI is InChI=1S/C17H21N3O2/c21-17(8-11-22-13-14-4-2-1-3-5-14)19-15-6-7-16-18-9-10-20(16)12-15/h1-5,9-10,15H,6-8,11-13H2,(H,19,21)/t15-/m1/s1. The molecular formula is C17H21N3O2. The number of carbonyl (C=O) groups is 1. The highest BCUT2D eigenvalue weighted by Gasteiger charge is 2.19. The Balaban J connectivity index is 1.35. The van der Waals surface area contributed by atoms with Crippen molar-refractivity contribution in [3.8, 4) is 0 Å². The van der Waals surface area contributed by atoms with E-state index in [1.165, 1.54) is 0 Å². The monoisotopic (exact) mass is 299 g/mol. The van der Waals surface area contributed by atoms with Crippen molar-refractivity contribution in [1.29, 1.82) is 0 Å². The summed E-state index contributed by atoms with van der Waals surface area (Å²) >= 11 is 0. The first-order valence-corrected chi connectivity index (χ1v) is 7.72. The van der Waals surface area contributed by atoms with Crippen molar-refractivity contribution in [3.05, 3.63) is 54.1 Å². The number of hydrogen-bond donors (Lipinski definition) is 1. The minimum Gasteiger partial charge on any atom is -0.376 e. The van der Waals surface area contributed by atoms with Crippen LogP contribution in [0.5, 0.6) is 0 Å². The van der Waals surface area contributed by atoms with Gasteiger partial charge in [-0.25, -0.2) is 4.98 Å². The Labute approximate surface area is 130 Å². The van der Waals surface area contributed by atoms with Crippen LogP contribution in [0.4, 0.5) is 0 Å². The average molecular weight is 299 g/mol. The number of imidazole rings is 1. The lowest BCUT2D eigenvalue weighted by molar-refractivity contribution is -0.123. The smallest absolute Gasteiger partial charge is 0.222 e. The average Bonchev–Trinajstić information content (AvgIpc) is 3.00. The summed E-state index contributed by atoms with van der Waals surface area (Å²) in [6.07, 6.45) is 6.06. The molecule has 5 heteroatoms. The predicted molar refractivity (Wildman–Crippen MR) is 83.2 cm³/mol. The van der Waals surface area contributed by atoms with E-state index < -0.39 is 0 Å². The summed E-state index contributed by atoms with van der Waals surface area (Å²) in [4.78, 5) is 16.2. The minimum absolute atomic E-state index is 0.0571. The summed E-state index contributed by atoms with van der Waals surface area (Å²) in [5.41, 5.74) is 1.13. The first kappa shape index (κ1) is 14.8. The third-order valence-electron chi connectivity index (χ3n) is 3.89. The maximum Gasteiger partial charge on any atom is 0.222 e. The van der Waals surface area contributed by atoms with E-state index in [1.54, 1.807) is 0 Å². The van der Waals surface area contributed by atoms with E-state index in [2.05, 4.69) is 14.9 Å². The molecule has 5 nitrogen and oxygen atoms in total. The molecule has 0 saturated heterocycles. The molecule has 3 rings (SSSR count). The van der Waals surface area contributed by atoms with Crippen LogP contribution in [0.15, 0.2) is 42.7 Å². The van der Waals surface area contributed by atoms with Gasteiger partial charge in [-0.2, -0.15) is 0 Å². The number of nitrogens with one attached hydrogen (secondary N) is 1. The Hall–Kier alpha value is -2.14. The molecule has 1 atom stereocenters. The predicted octanol–water partition coefficient (Wildman–Crippen LogP) is 1.92. The fourth-order valence-corrected chi connectivity index (χ4v) is 2.71. The van der Waals surface area contributed by atoms with Crippen molar-refractivity contribution in [2.75, 3.05) is 6.61 Å². The molecule has 0 fully saturated rings. The Morgan fingerprint density at radius 1 is 1.36 bits per heavy atom. The van der Waals surface area contributed by atoms with Crippen LogP contribution in [0.25, 0.3) is 0 Å². The number of nitrogens with zero attached hydrogens (tertiary/aromatic N) is 2. The van der Waals surface area contributed by atoms with Gasteiger partial charge in [0.2, 0.25) is 5.91 Å². The van der Waals surface area contributed by atoms with E-state index in [9.17, 15) is 4.79 Å². The summed E-state index contributed by atoms with van der Waals surface area (Å²) < 4.78 is 7.66. The number of carbonyl (C=O) groups excluding carboxylic acids is 1. The molecule has 0 spiro atoms. The van der Waals surface area contributed by atoms with Crippen molar-refractivity contribution in [2.45, 2.75) is 38.5 Å². The van der Waals surface area contributed by atoms with Crippen molar-refractivity contribution in [2.24, 2.45) is 0 Å². The van der Waals surface area contributed by atoms with Crippen LogP contribution in [0, 0.1) is 0 Å². The number of aryl methyl sites for hydroxylation is 1. The highest BCUT2D eigenvalue weighted by Crippen LogP contribution is 2.13. The molecule has 0 bridgehead atoms. The molecule has 2 aromatic rings. The maximum atomic E-state index is 12.0. The van der Waals surface area contributed by atoms with Crippen LogP contribution in [-0.2, 0) is 29.1 Å². The molecule has 1 aromatic heterocycles. The number of fused-ring (bicyclic) bond motifs is 1. The molecule has 2 heterocycles. The van der Waals surface area contributed by atoms with E-state index in [0.29, 0.717) is 19.6 Å². The fourth-order valence-electron chi connectivity index (χ4n) is 2.71.